The van der Waals surface area contributed by atoms with Gasteiger partial charge < -0.3 is 18.6 Å². The van der Waals surface area contributed by atoms with Crippen molar-refractivity contribution in [3.8, 4) is 22.3 Å². The van der Waals surface area contributed by atoms with Crippen LogP contribution in [0.15, 0.2) is 155 Å². The highest BCUT2D eigenvalue weighted by molar-refractivity contribution is 7.00. The van der Waals surface area contributed by atoms with Gasteiger partial charge in [0.2, 0.25) is 0 Å². The molecule has 0 N–H and O–H groups in total. The summed E-state index contributed by atoms with van der Waals surface area (Å²) in [7, 11) is 0. The molecule has 9 aromatic rings. The van der Waals surface area contributed by atoms with Gasteiger partial charge in [0.25, 0.3) is 6.71 Å². The molecular formula is C63H63BN2O2. The average Bonchev–Trinajstić information content (AvgIpc) is 3.98. The third-order valence-corrected chi connectivity index (χ3v) is 14.7. The zero-order valence-electron chi connectivity index (χ0n) is 42.1. The van der Waals surface area contributed by atoms with E-state index in [0.29, 0.717) is 0 Å². The highest BCUT2D eigenvalue weighted by Gasteiger charge is 2.45. The van der Waals surface area contributed by atoms with E-state index in [0.717, 1.165) is 44.4 Å². The number of aryl methyl sites for hydroxylation is 1. The lowest BCUT2D eigenvalue weighted by atomic mass is 9.33. The van der Waals surface area contributed by atoms with Gasteiger partial charge in [-0.15, -0.1) is 0 Å². The minimum Gasteiger partial charge on any atom is -0.464 e. The molecule has 11 rings (SSSR count). The molecule has 0 saturated carbocycles. The van der Waals surface area contributed by atoms with Crippen LogP contribution in [0, 0.1) is 6.92 Å². The van der Waals surface area contributed by atoms with E-state index in [-0.39, 0.29) is 28.4 Å². The summed E-state index contributed by atoms with van der Waals surface area (Å²) in [5.74, 6) is 0. The van der Waals surface area contributed by atoms with Crippen LogP contribution in [0.3, 0.4) is 0 Å². The van der Waals surface area contributed by atoms with Crippen molar-refractivity contribution in [2.24, 2.45) is 0 Å². The molecule has 5 heteroatoms. The van der Waals surface area contributed by atoms with E-state index in [1.165, 1.54) is 78.1 Å². The van der Waals surface area contributed by atoms with Crippen molar-refractivity contribution in [2.75, 3.05) is 9.80 Å². The number of benzene rings is 7. The lowest BCUT2D eigenvalue weighted by Gasteiger charge is -2.46. The lowest BCUT2D eigenvalue weighted by molar-refractivity contribution is 0.590. The molecule has 4 nitrogen and oxygen atoms in total. The SMILES string of the molecule is Cc1cc2c3c(c1)N(c1ccc(C(C)(C)C)cc1-c1cccc4occc14)c1ccc(C(C)(C)C)cc1B3c1cc(C(C)(C)C)ccc1N2c1ccc(C(C)(C)C)cc1-c1cccc2occc12. The summed E-state index contributed by atoms with van der Waals surface area (Å²) in [6.07, 6.45) is 3.64. The van der Waals surface area contributed by atoms with Crippen molar-refractivity contribution in [2.45, 2.75) is 112 Å². The van der Waals surface area contributed by atoms with Crippen molar-refractivity contribution in [1.29, 1.82) is 0 Å². The Labute approximate surface area is 403 Å². The van der Waals surface area contributed by atoms with E-state index in [2.05, 4.69) is 233 Å². The monoisotopic (exact) mass is 890 g/mol. The average molecular weight is 891 g/mol. The van der Waals surface area contributed by atoms with Crippen LogP contribution in [-0.2, 0) is 21.7 Å². The lowest BCUT2D eigenvalue weighted by Crippen LogP contribution is -2.61. The van der Waals surface area contributed by atoms with Crippen LogP contribution in [0.1, 0.15) is 111 Å². The summed E-state index contributed by atoms with van der Waals surface area (Å²) in [4.78, 5) is 5.19. The maximum atomic E-state index is 6.07. The number of fused-ring (bicyclic) bond motifs is 6. The van der Waals surface area contributed by atoms with Gasteiger partial charge in [0.15, 0.2) is 0 Å². The molecule has 340 valence electrons. The first-order valence-electron chi connectivity index (χ1n) is 24.4. The standard InChI is InChI=1S/C63H63BN2O2/c1-38-32-55-59-56(33-38)66(52-25-21-40(61(5,6)7)35-48(52)44-17-15-19-58-46(44)29-31-68-58)54-27-23-42(63(11,12)13)37-50(54)64(59)49-36-41(62(8,9)10)22-26-53(49)65(55)51-24-20-39(60(2,3)4)34-47(51)43-16-14-18-57-45(43)28-30-67-57/h14-37H,1-13H3. The van der Waals surface area contributed by atoms with E-state index in [1.54, 1.807) is 0 Å². The minimum absolute atomic E-state index is 0.0353. The van der Waals surface area contributed by atoms with Crippen molar-refractivity contribution >= 4 is 79.2 Å². The highest BCUT2D eigenvalue weighted by Crippen LogP contribution is 2.51. The summed E-state index contributed by atoms with van der Waals surface area (Å²) < 4.78 is 12.1. The van der Waals surface area contributed by atoms with Gasteiger partial charge in [0.05, 0.1) is 23.9 Å². The molecule has 0 saturated heterocycles. The maximum absolute atomic E-state index is 6.07. The highest BCUT2D eigenvalue weighted by atomic mass is 16.3. The molecule has 2 aliphatic heterocycles. The predicted octanol–water partition coefficient (Wildman–Crippen LogP) is 16.1. The largest absolute Gasteiger partial charge is 0.464 e. The van der Waals surface area contributed by atoms with E-state index >= 15 is 0 Å². The Hall–Kier alpha value is -6.72. The Kier molecular flexibility index (Phi) is 9.76. The summed E-state index contributed by atoms with van der Waals surface area (Å²) in [6.45, 7) is 30.1. The number of anilines is 6. The number of nitrogens with zero attached hydrogens (tertiary/aromatic N) is 2. The smallest absolute Gasteiger partial charge is 0.252 e. The van der Waals surface area contributed by atoms with Crippen LogP contribution in [0.4, 0.5) is 34.1 Å². The Morgan fingerprint density at radius 2 is 0.735 bits per heavy atom. The fraction of sp³-hybridized carbons (Fsp3) is 0.270. The number of rotatable bonds is 4. The van der Waals surface area contributed by atoms with E-state index < -0.39 is 0 Å². The van der Waals surface area contributed by atoms with E-state index in [1.807, 2.05) is 12.5 Å². The maximum Gasteiger partial charge on any atom is 0.252 e. The normalized spacial score (nSPS) is 13.9. The summed E-state index contributed by atoms with van der Waals surface area (Å²) in [5.41, 5.74) is 23.7. The minimum atomic E-state index is -0.0682. The Balaban J connectivity index is 1.27. The van der Waals surface area contributed by atoms with Crippen molar-refractivity contribution in [3.05, 3.63) is 174 Å². The Bertz CT molecular complexity index is 3260. The Morgan fingerprint density at radius 3 is 1.12 bits per heavy atom. The molecule has 0 aliphatic carbocycles. The first-order valence-corrected chi connectivity index (χ1v) is 24.4. The number of furan rings is 2. The van der Waals surface area contributed by atoms with Gasteiger partial charge in [-0.25, -0.2) is 0 Å². The molecule has 4 heterocycles. The molecule has 0 spiro atoms. The molecule has 0 amide bonds. The van der Waals surface area contributed by atoms with Gasteiger partial charge in [0.1, 0.15) is 11.2 Å². The number of hydrogen-bond acceptors (Lipinski definition) is 4. The van der Waals surface area contributed by atoms with E-state index in [4.69, 9.17) is 8.83 Å². The summed E-state index contributed by atoms with van der Waals surface area (Å²) in [5, 5.41) is 2.22. The van der Waals surface area contributed by atoms with Crippen LogP contribution in [0.25, 0.3) is 44.2 Å². The molecule has 7 aromatic carbocycles. The van der Waals surface area contributed by atoms with Crippen LogP contribution >= 0.6 is 0 Å². The van der Waals surface area contributed by atoms with Gasteiger partial charge in [-0.3, -0.25) is 0 Å². The molecule has 0 radical (unpaired) electrons. The predicted molar refractivity (Wildman–Crippen MR) is 290 cm³/mol. The van der Waals surface area contributed by atoms with Gasteiger partial charge in [-0.1, -0.05) is 144 Å². The molecule has 2 aliphatic rings. The van der Waals surface area contributed by atoms with E-state index in [9.17, 15) is 0 Å². The quantitative estimate of drug-likeness (QED) is 0.165. The van der Waals surface area contributed by atoms with Crippen molar-refractivity contribution in [1.82, 2.24) is 0 Å². The van der Waals surface area contributed by atoms with Gasteiger partial charge in [-0.05, 0) is 157 Å². The third kappa shape index (κ3) is 7.03. The van der Waals surface area contributed by atoms with Crippen LogP contribution in [0.5, 0.6) is 0 Å². The third-order valence-electron chi connectivity index (χ3n) is 14.7. The van der Waals surface area contributed by atoms with Crippen LogP contribution in [-0.4, -0.2) is 6.71 Å². The van der Waals surface area contributed by atoms with Crippen LogP contribution < -0.4 is 26.2 Å². The Morgan fingerprint density at radius 1 is 0.368 bits per heavy atom. The second-order valence-corrected chi connectivity index (χ2v) is 23.6. The van der Waals surface area contributed by atoms with Gasteiger partial charge in [-0.2, -0.15) is 0 Å². The van der Waals surface area contributed by atoms with Crippen molar-refractivity contribution < 1.29 is 8.83 Å². The first-order chi connectivity index (χ1) is 32.2. The summed E-state index contributed by atoms with van der Waals surface area (Å²) in [6, 6.07) is 51.0. The zero-order chi connectivity index (χ0) is 47.8. The molecular weight excluding hydrogens is 828 g/mol. The fourth-order valence-electron chi connectivity index (χ4n) is 10.9. The fourth-order valence-corrected chi connectivity index (χ4v) is 10.9. The molecule has 0 fully saturated rings. The van der Waals surface area contributed by atoms with Gasteiger partial charge in [0, 0.05) is 44.6 Å². The second kappa shape index (κ2) is 15.1. The summed E-state index contributed by atoms with van der Waals surface area (Å²) >= 11 is 0. The topological polar surface area (TPSA) is 32.8 Å². The molecule has 2 aromatic heterocycles. The molecule has 0 atom stereocenters. The molecule has 0 unspecified atom stereocenters. The number of hydrogen-bond donors (Lipinski definition) is 0. The van der Waals surface area contributed by atoms with Gasteiger partial charge >= 0.3 is 0 Å². The molecule has 0 bridgehead atoms. The zero-order valence-corrected chi connectivity index (χ0v) is 42.1. The van der Waals surface area contributed by atoms with Crippen LogP contribution in [0.2, 0.25) is 0 Å². The molecule has 68 heavy (non-hydrogen) atoms. The first kappa shape index (κ1) is 43.8. The van der Waals surface area contributed by atoms with Crippen molar-refractivity contribution in [3.63, 3.8) is 0 Å². The second-order valence-electron chi connectivity index (χ2n) is 23.6.